The summed E-state index contributed by atoms with van der Waals surface area (Å²) in [6, 6.07) is 2.17. The van der Waals surface area contributed by atoms with Gasteiger partial charge in [-0.1, -0.05) is 84.0 Å². The second-order valence-electron chi connectivity index (χ2n) is 9.00. The number of hydrogen-bond donors (Lipinski definition) is 0. The summed E-state index contributed by atoms with van der Waals surface area (Å²) in [6.45, 7) is 6.65. The molecule has 0 radical (unpaired) electrons. The molecular weight excluding hydrogens is 318 g/mol. The molecule has 0 fully saturated rings. The van der Waals surface area contributed by atoms with Crippen molar-refractivity contribution in [3.8, 4) is 0 Å². The molecule has 1 aromatic rings. The van der Waals surface area contributed by atoms with Crippen molar-refractivity contribution < 1.29 is 8.90 Å². The lowest BCUT2D eigenvalue weighted by Gasteiger charge is -2.28. The van der Waals surface area contributed by atoms with Gasteiger partial charge in [-0.2, -0.15) is 0 Å². The van der Waals surface area contributed by atoms with Crippen LogP contribution in [0.3, 0.4) is 0 Å². The number of unbranched alkanes of at least 4 members (excludes halogenated alkanes) is 13. The maximum Gasteiger partial charge on any atom is 0.158 e. The van der Waals surface area contributed by atoms with Crippen LogP contribution >= 0.6 is 0 Å². The van der Waals surface area contributed by atoms with Crippen molar-refractivity contribution in [2.24, 2.45) is 0 Å². The van der Waals surface area contributed by atoms with Crippen molar-refractivity contribution in [2.45, 2.75) is 110 Å². The zero-order valence-corrected chi connectivity index (χ0v) is 18.3. The number of aryl methyl sites for hydroxylation is 1. The molecule has 0 aromatic carbocycles. The van der Waals surface area contributed by atoms with Crippen LogP contribution in [-0.4, -0.2) is 25.1 Å². The Labute approximate surface area is 163 Å². The van der Waals surface area contributed by atoms with E-state index in [1.807, 2.05) is 6.26 Å². The SMILES string of the molecule is CCCCCCCCCCCCCCCC[N+](C)(C)Cc1cc(C)co1. The molecule has 0 aliphatic heterocycles. The van der Waals surface area contributed by atoms with Gasteiger partial charge in [0.2, 0.25) is 0 Å². The highest BCUT2D eigenvalue weighted by Gasteiger charge is 2.17. The van der Waals surface area contributed by atoms with E-state index in [4.69, 9.17) is 4.42 Å². The van der Waals surface area contributed by atoms with Gasteiger partial charge >= 0.3 is 0 Å². The summed E-state index contributed by atoms with van der Waals surface area (Å²) in [6.07, 6.45) is 21.9. The maximum absolute atomic E-state index is 5.61. The number of nitrogens with zero attached hydrogens (tertiary/aromatic N) is 1. The third-order valence-corrected chi connectivity index (χ3v) is 5.49. The Kier molecular flexibility index (Phi) is 12.8. The normalized spacial score (nSPS) is 12.0. The molecule has 0 spiro atoms. The van der Waals surface area contributed by atoms with Gasteiger partial charge in [-0.05, 0) is 31.4 Å². The smallest absolute Gasteiger partial charge is 0.158 e. The van der Waals surface area contributed by atoms with E-state index in [0.29, 0.717) is 0 Å². The van der Waals surface area contributed by atoms with Crippen LogP contribution < -0.4 is 0 Å². The summed E-state index contributed by atoms with van der Waals surface area (Å²) in [7, 11) is 4.64. The molecule has 0 saturated carbocycles. The second-order valence-corrected chi connectivity index (χ2v) is 9.00. The summed E-state index contributed by atoms with van der Waals surface area (Å²) in [5.41, 5.74) is 1.23. The van der Waals surface area contributed by atoms with Crippen molar-refractivity contribution in [1.82, 2.24) is 0 Å². The van der Waals surface area contributed by atoms with Gasteiger partial charge in [-0.15, -0.1) is 0 Å². The fourth-order valence-electron chi connectivity index (χ4n) is 3.81. The summed E-state index contributed by atoms with van der Waals surface area (Å²) in [4.78, 5) is 0. The van der Waals surface area contributed by atoms with Gasteiger partial charge < -0.3 is 8.90 Å². The Hall–Kier alpha value is -0.760. The molecule has 0 atom stereocenters. The van der Waals surface area contributed by atoms with E-state index in [1.165, 1.54) is 102 Å². The zero-order valence-electron chi connectivity index (χ0n) is 18.3. The first kappa shape index (κ1) is 23.3. The van der Waals surface area contributed by atoms with Crippen LogP contribution in [0.25, 0.3) is 0 Å². The summed E-state index contributed by atoms with van der Waals surface area (Å²) < 4.78 is 6.64. The van der Waals surface area contributed by atoms with Gasteiger partial charge in [0.25, 0.3) is 0 Å². The molecule has 152 valence electrons. The largest absolute Gasteiger partial charge is 0.463 e. The van der Waals surface area contributed by atoms with Crippen molar-refractivity contribution in [3.05, 3.63) is 23.7 Å². The summed E-state index contributed by atoms with van der Waals surface area (Å²) in [5, 5.41) is 0. The van der Waals surface area contributed by atoms with Crippen LogP contribution in [0.15, 0.2) is 16.7 Å². The Bertz CT molecular complexity index is 435. The highest BCUT2D eigenvalue weighted by molar-refractivity contribution is 5.09. The number of hydrogen-bond acceptors (Lipinski definition) is 1. The summed E-state index contributed by atoms with van der Waals surface area (Å²) in [5.74, 6) is 1.12. The Morgan fingerprint density at radius 1 is 0.731 bits per heavy atom. The zero-order chi connectivity index (χ0) is 19.1. The van der Waals surface area contributed by atoms with Gasteiger partial charge in [-0.25, -0.2) is 0 Å². The third kappa shape index (κ3) is 12.6. The Morgan fingerprint density at radius 3 is 1.62 bits per heavy atom. The molecular formula is C24H46NO+. The minimum absolute atomic E-state index is 1.01. The lowest BCUT2D eigenvalue weighted by Crippen LogP contribution is -2.39. The minimum atomic E-state index is 1.01. The van der Waals surface area contributed by atoms with Gasteiger partial charge in [0.15, 0.2) is 5.76 Å². The monoisotopic (exact) mass is 364 g/mol. The van der Waals surface area contributed by atoms with E-state index < -0.39 is 0 Å². The number of quaternary nitrogens is 1. The molecule has 0 amide bonds. The van der Waals surface area contributed by atoms with Gasteiger partial charge in [-0.3, -0.25) is 0 Å². The predicted molar refractivity (Wildman–Crippen MR) is 114 cm³/mol. The van der Waals surface area contributed by atoms with Crippen molar-refractivity contribution in [1.29, 1.82) is 0 Å². The first-order valence-corrected chi connectivity index (χ1v) is 11.4. The minimum Gasteiger partial charge on any atom is -0.463 e. The van der Waals surface area contributed by atoms with Crippen LogP contribution in [0, 0.1) is 6.92 Å². The quantitative estimate of drug-likeness (QED) is 0.204. The van der Waals surface area contributed by atoms with Crippen molar-refractivity contribution >= 4 is 0 Å². The van der Waals surface area contributed by atoms with E-state index in [1.54, 1.807) is 0 Å². The second kappa shape index (κ2) is 14.3. The third-order valence-electron chi connectivity index (χ3n) is 5.49. The number of furan rings is 1. The fourth-order valence-corrected chi connectivity index (χ4v) is 3.81. The van der Waals surface area contributed by atoms with Crippen molar-refractivity contribution in [2.75, 3.05) is 20.6 Å². The topological polar surface area (TPSA) is 13.1 Å². The van der Waals surface area contributed by atoms with Crippen molar-refractivity contribution in [3.63, 3.8) is 0 Å². The van der Waals surface area contributed by atoms with Gasteiger partial charge in [0.1, 0.15) is 6.54 Å². The molecule has 2 nitrogen and oxygen atoms in total. The predicted octanol–water partition coefficient (Wildman–Crippen LogP) is 7.65. The molecule has 0 N–H and O–H groups in total. The molecule has 0 saturated heterocycles. The van der Waals surface area contributed by atoms with Crippen LogP contribution in [0.4, 0.5) is 0 Å². The average Bonchev–Trinajstić information content (AvgIpc) is 2.99. The van der Waals surface area contributed by atoms with Crippen LogP contribution in [0.1, 0.15) is 108 Å². The first-order valence-electron chi connectivity index (χ1n) is 11.4. The first-order chi connectivity index (χ1) is 12.5. The Balaban J connectivity index is 1.87. The molecule has 1 rings (SSSR count). The summed E-state index contributed by atoms with van der Waals surface area (Å²) >= 11 is 0. The van der Waals surface area contributed by atoms with Crippen LogP contribution in [-0.2, 0) is 6.54 Å². The molecule has 2 heteroatoms. The van der Waals surface area contributed by atoms with E-state index in [9.17, 15) is 0 Å². The van der Waals surface area contributed by atoms with E-state index in [0.717, 1.165) is 16.8 Å². The molecule has 26 heavy (non-hydrogen) atoms. The van der Waals surface area contributed by atoms with Crippen LogP contribution in [0.5, 0.6) is 0 Å². The van der Waals surface area contributed by atoms with E-state index >= 15 is 0 Å². The number of rotatable bonds is 17. The maximum atomic E-state index is 5.61. The molecule has 0 aliphatic rings. The van der Waals surface area contributed by atoms with Gasteiger partial charge in [0, 0.05) is 0 Å². The Morgan fingerprint density at radius 2 is 1.19 bits per heavy atom. The lowest BCUT2D eigenvalue weighted by atomic mass is 10.0. The fraction of sp³-hybridized carbons (Fsp3) is 0.833. The van der Waals surface area contributed by atoms with Gasteiger partial charge in [0.05, 0.1) is 26.9 Å². The molecule has 1 heterocycles. The molecule has 0 bridgehead atoms. The van der Waals surface area contributed by atoms with Crippen LogP contribution in [0.2, 0.25) is 0 Å². The lowest BCUT2D eigenvalue weighted by molar-refractivity contribution is -0.904. The average molecular weight is 365 g/mol. The molecule has 0 aliphatic carbocycles. The highest BCUT2D eigenvalue weighted by Crippen LogP contribution is 2.16. The molecule has 1 aromatic heterocycles. The van der Waals surface area contributed by atoms with E-state index in [2.05, 4.69) is 34.0 Å². The van der Waals surface area contributed by atoms with E-state index in [-0.39, 0.29) is 0 Å². The standard InChI is InChI=1S/C24H46NO/c1-5-6-7-8-9-10-11-12-13-14-15-16-17-18-19-25(3,4)21-24-20-23(2)22-26-24/h20,22H,5-19,21H2,1-4H3/q+1. The highest BCUT2D eigenvalue weighted by atomic mass is 16.3. The molecule has 0 unspecified atom stereocenters.